The molecule has 1 heterocycles. The molecule has 0 radical (unpaired) electrons. The predicted molar refractivity (Wildman–Crippen MR) is 86.6 cm³/mol. The van der Waals surface area contributed by atoms with Crippen LogP contribution in [0.5, 0.6) is 0 Å². The molecule has 0 bridgehead atoms. The van der Waals surface area contributed by atoms with E-state index in [1.165, 1.54) is 5.56 Å². The highest BCUT2D eigenvalue weighted by Gasteiger charge is 2.33. The Morgan fingerprint density at radius 3 is 2.45 bits per heavy atom. The lowest BCUT2D eigenvalue weighted by atomic mass is 10.1. The molecule has 0 unspecified atom stereocenters. The molecule has 2 fully saturated rings. The lowest BCUT2D eigenvalue weighted by Gasteiger charge is -2.39. The number of benzene rings is 1. The molecule has 120 valence electrons. The Morgan fingerprint density at radius 2 is 1.82 bits per heavy atom. The van der Waals surface area contributed by atoms with Gasteiger partial charge >= 0.3 is 0 Å². The van der Waals surface area contributed by atoms with E-state index in [0.29, 0.717) is 12.5 Å². The van der Waals surface area contributed by atoms with E-state index >= 15 is 0 Å². The van der Waals surface area contributed by atoms with Crippen molar-refractivity contribution in [3.05, 3.63) is 35.9 Å². The lowest BCUT2D eigenvalue weighted by molar-refractivity contribution is -0.133. The van der Waals surface area contributed by atoms with Crippen LogP contribution in [-0.2, 0) is 11.2 Å². The number of hydrogen-bond donors (Lipinski definition) is 1. The number of aliphatic hydroxyl groups is 1. The minimum absolute atomic E-state index is 0.166. The maximum atomic E-state index is 12.3. The van der Waals surface area contributed by atoms with Gasteiger partial charge in [-0.1, -0.05) is 30.3 Å². The van der Waals surface area contributed by atoms with E-state index in [4.69, 9.17) is 0 Å². The molecule has 1 saturated heterocycles. The van der Waals surface area contributed by atoms with Crippen LogP contribution in [0.25, 0.3) is 0 Å². The van der Waals surface area contributed by atoms with E-state index in [1.807, 2.05) is 23.1 Å². The molecule has 1 saturated carbocycles. The van der Waals surface area contributed by atoms with Gasteiger partial charge in [0.05, 0.1) is 6.10 Å². The third-order valence-corrected chi connectivity index (χ3v) is 5.05. The molecule has 3 rings (SSSR count). The summed E-state index contributed by atoms with van der Waals surface area (Å²) in [5.41, 5.74) is 1.23. The second-order valence-corrected chi connectivity index (χ2v) is 6.47. The third kappa shape index (κ3) is 3.68. The van der Waals surface area contributed by atoms with Gasteiger partial charge in [0.1, 0.15) is 0 Å². The number of aryl methyl sites for hydroxylation is 1. The second-order valence-electron chi connectivity index (χ2n) is 6.47. The highest BCUT2D eigenvalue weighted by Crippen LogP contribution is 2.25. The van der Waals surface area contributed by atoms with Crippen LogP contribution in [0.3, 0.4) is 0 Å². The zero-order chi connectivity index (χ0) is 15.4. The van der Waals surface area contributed by atoms with Gasteiger partial charge in [0.25, 0.3) is 0 Å². The molecule has 1 aromatic rings. The Hall–Kier alpha value is -1.39. The first-order valence-corrected chi connectivity index (χ1v) is 8.48. The summed E-state index contributed by atoms with van der Waals surface area (Å²) < 4.78 is 0. The molecular weight excluding hydrogens is 276 g/mol. The number of rotatable bonds is 4. The quantitative estimate of drug-likeness (QED) is 0.920. The van der Waals surface area contributed by atoms with Gasteiger partial charge in [0.15, 0.2) is 0 Å². The SMILES string of the molecule is O=C(CCc1ccccc1)N1CCN([C@@H]2CCC[C@H]2O)CC1. The fourth-order valence-corrected chi connectivity index (χ4v) is 3.70. The monoisotopic (exact) mass is 302 g/mol. The molecular formula is C18H26N2O2. The number of hydrogen-bond acceptors (Lipinski definition) is 3. The average molecular weight is 302 g/mol. The van der Waals surface area contributed by atoms with Crippen molar-refractivity contribution in [3.63, 3.8) is 0 Å². The van der Waals surface area contributed by atoms with Crippen molar-refractivity contribution < 1.29 is 9.90 Å². The first kappa shape index (κ1) is 15.5. The van der Waals surface area contributed by atoms with Gasteiger partial charge in [0.2, 0.25) is 5.91 Å². The highest BCUT2D eigenvalue weighted by molar-refractivity contribution is 5.76. The van der Waals surface area contributed by atoms with Crippen molar-refractivity contribution in [2.24, 2.45) is 0 Å². The van der Waals surface area contributed by atoms with Gasteiger partial charge in [-0.2, -0.15) is 0 Å². The molecule has 1 aliphatic heterocycles. The first-order chi connectivity index (χ1) is 10.7. The smallest absolute Gasteiger partial charge is 0.222 e. The summed E-state index contributed by atoms with van der Waals surface area (Å²) in [6.07, 6.45) is 4.41. The molecule has 1 aromatic carbocycles. The number of aliphatic hydroxyl groups excluding tert-OH is 1. The highest BCUT2D eigenvalue weighted by atomic mass is 16.3. The van der Waals surface area contributed by atoms with Crippen LogP contribution in [0, 0.1) is 0 Å². The van der Waals surface area contributed by atoms with Crippen molar-refractivity contribution in [2.45, 2.75) is 44.2 Å². The van der Waals surface area contributed by atoms with Crippen LogP contribution >= 0.6 is 0 Å². The van der Waals surface area contributed by atoms with Crippen molar-refractivity contribution in [1.29, 1.82) is 0 Å². The predicted octanol–water partition coefficient (Wildman–Crippen LogP) is 1.68. The maximum absolute atomic E-state index is 12.3. The standard InChI is InChI=1S/C18H26N2O2/c21-17-8-4-7-16(17)19-11-13-20(14-12-19)18(22)10-9-15-5-2-1-3-6-15/h1-3,5-6,16-17,21H,4,7-14H2/t16-,17-/m1/s1. The number of piperazine rings is 1. The molecule has 1 aliphatic carbocycles. The second kappa shape index (κ2) is 7.25. The minimum Gasteiger partial charge on any atom is -0.391 e. The number of nitrogens with zero attached hydrogens (tertiary/aromatic N) is 2. The van der Waals surface area contributed by atoms with Crippen molar-refractivity contribution in [2.75, 3.05) is 26.2 Å². The zero-order valence-electron chi connectivity index (χ0n) is 13.2. The lowest BCUT2D eigenvalue weighted by Crippen LogP contribution is -2.53. The fraction of sp³-hybridized carbons (Fsp3) is 0.611. The zero-order valence-corrected chi connectivity index (χ0v) is 13.2. The van der Waals surface area contributed by atoms with Crippen LogP contribution in [0.4, 0.5) is 0 Å². The molecule has 0 aromatic heterocycles. The van der Waals surface area contributed by atoms with Gasteiger partial charge in [-0.15, -0.1) is 0 Å². The Bertz CT molecular complexity index is 483. The summed E-state index contributed by atoms with van der Waals surface area (Å²) >= 11 is 0. The van der Waals surface area contributed by atoms with Crippen LogP contribution in [0.1, 0.15) is 31.2 Å². The molecule has 0 spiro atoms. The fourth-order valence-electron chi connectivity index (χ4n) is 3.70. The molecule has 22 heavy (non-hydrogen) atoms. The largest absolute Gasteiger partial charge is 0.391 e. The van der Waals surface area contributed by atoms with E-state index < -0.39 is 0 Å². The summed E-state index contributed by atoms with van der Waals surface area (Å²) in [7, 11) is 0. The topological polar surface area (TPSA) is 43.8 Å². The first-order valence-electron chi connectivity index (χ1n) is 8.48. The Kier molecular flexibility index (Phi) is 5.11. The van der Waals surface area contributed by atoms with E-state index in [0.717, 1.165) is 51.9 Å². The van der Waals surface area contributed by atoms with E-state index in [1.54, 1.807) is 0 Å². The average Bonchev–Trinajstić information content (AvgIpc) is 3.00. The van der Waals surface area contributed by atoms with Crippen LogP contribution in [0.15, 0.2) is 30.3 Å². The molecule has 2 aliphatic rings. The molecule has 4 nitrogen and oxygen atoms in total. The van der Waals surface area contributed by atoms with Crippen LogP contribution in [-0.4, -0.2) is 59.1 Å². The Labute approximate surface area is 132 Å². The summed E-state index contributed by atoms with van der Waals surface area (Å²) in [4.78, 5) is 16.7. The van der Waals surface area contributed by atoms with Crippen molar-refractivity contribution in [3.8, 4) is 0 Å². The van der Waals surface area contributed by atoms with Gasteiger partial charge in [-0.3, -0.25) is 9.69 Å². The normalized spacial score (nSPS) is 26.3. The Balaban J connectivity index is 1.44. The van der Waals surface area contributed by atoms with Gasteiger partial charge < -0.3 is 10.0 Å². The van der Waals surface area contributed by atoms with E-state index in [-0.39, 0.29) is 12.0 Å². The Morgan fingerprint density at radius 1 is 1.09 bits per heavy atom. The van der Waals surface area contributed by atoms with Gasteiger partial charge in [0, 0.05) is 38.6 Å². The summed E-state index contributed by atoms with van der Waals surface area (Å²) in [6.45, 7) is 3.41. The summed E-state index contributed by atoms with van der Waals surface area (Å²) in [6, 6.07) is 10.5. The van der Waals surface area contributed by atoms with Crippen LogP contribution in [0.2, 0.25) is 0 Å². The van der Waals surface area contributed by atoms with Crippen molar-refractivity contribution in [1.82, 2.24) is 9.80 Å². The van der Waals surface area contributed by atoms with E-state index in [2.05, 4.69) is 17.0 Å². The molecule has 1 N–H and O–H groups in total. The summed E-state index contributed by atoms with van der Waals surface area (Å²) in [5, 5.41) is 10.0. The van der Waals surface area contributed by atoms with Crippen molar-refractivity contribution >= 4 is 5.91 Å². The molecule has 4 heteroatoms. The maximum Gasteiger partial charge on any atom is 0.222 e. The minimum atomic E-state index is -0.166. The van der Waals surface area contributed by atoms with Crippen LogP contribution < -0.4 is 0 Å². The number of carbonyl (C=O) groups excluding carboxylic acids is 1. The molecule has 1 amide bonds. The van der Waals surface area contributed by atoms with Gasteiger partial charge in [-0.05, 0) is 31.2 Å². The summed E-state index contributed by atoms with van der Waals surface area (Å²) in [5.74, 6) is 0.260. The van der Waals surface area contributed by atoms with Gasteiger partial charge in [-0.25, -0.2) is 0 Å². The third-order valence-electron chi connectivity index (χ3n) is 5.05. The number of carbonyl (C=O) groups is 1. The number of amides is 1. The molecule has 2 atom stereocenters. The van der Waals surface area contributed by atoms with E-state index in [9.17, 15) is 9.90 Å².